The smallest absolute Gasteiger partial charge is 0.222 e. The molecule has 2 heteroatoms. The molecule has 0 spiro atoms. The second-order valence-electron chi connectivity index (χ2n) is 8.08. The van der Waals surface area contributed by atoms with Crippen LogP contribution in [0.5, 0.6) is 0 Å². The first-order valence-electron chi connectivity index (χ1n) is 12.0. The third-order valence-electron chi connectivity index (χ3n) is 5.38. The Bertz CT molecular complexity index is 270. The first kappa shape index (κ1) is 25.5. The van der Waals surface area contributed by atoms with Gasteiger partial charge < -0.3 is 4.90 Å². The van der Waals surface area contributed by atoms with E-state index in [0.29, 0.717) is 5.91 Å². The van der Waals surface area contributed by atoms with Crippen LogP contribution >= 0.6 is 0 Å². The third-order valence-corrected chi connectivity index (χ3v) is 5.38. The quantitative estimate of drug-likeness (QED) is 0.200. The van der Waals surface area contributed by atoms with E-state index in [4.69, 9.17) is 0 Å². The maximum absolute atomic E-state index is 12.3. The first-order valence-corrected chi connectivity index (χ1v) is 12.0. The average Bonchev–Trinajstić information content (AvgIpc) is 2.64. The van der Waals surface area contributed by atoms with E-state index in [0.717, 1.165) is 25.9 Å². The number of amides is 1. The van der Waals surface area contributed by atoms with Crippen LogP contribution in [-0.4, -0.2) is 23.9 Å². The molecule has 0 atom stereocenters. The highest BCUT2D eigenvalue weighted by Gasteiger charge is 2.11. The molecule has 0 radical (unpaired) electrons. The molecule has 0 aliphatic rings. The fourth-order valence-electron chi connectivity index (χ4n) is 3.61. The molecule has 0 saturated heterocycles. The summed E-state index contributed by atoms with van der Waals surface area (Å²) in [6, 6.07) is 0. The molecule has 2 nitrogen and oxygen atoms in total. The minimum atomic E-state index is 0.387. The molecule has 0 aromatic rings. The van der Waals surface area contributed by atoms with Crippen LogP contribution in [0.1, 0.15) is 136 Å². The normalized spacial score (nSPS) is 11.0. The lowest BCUT2D eigenvalue weighted by atomic mass is 10.1. The lowest BCUT2D eigenvalue weighted by Gasteiger charge is -2.22. The van der Waals surface area contributed by atoms with Gasteiger partial charge in [0.1, 0.15) is 0 Å². The van der Waals surface area contributed by atoms with Crippen LogP contribution in [0.25, 0.3) is 0 Å². The van der Waals surface area contributed by atoms with Crippen molar-refractivity contribution in [1.82, 2.24) is 4.90 Å². The summed E-state index contributed by atoms with van der Waals surface area (Å²) in [7, 11) is 0. The number of hydrogen-bond donors (Lipinski definition) is 0. The highest BCUT2D eigenvalue weighted by Crippen LogP contribution is 2.12. The predicted octanol–water partition coefficient (Wildman–Crippen LogP) is 7.90. The molecule has 0 fully saturated rings. The minimum Gasteiger partial charge on any atom is -0.343 e. The monoisotopic (exact) mass is 367 g/mol. The fraction of sp³-hybridized carbons (Fsp3) is 0.958. The van der Waals surface area contributed by atoms with Gasteiger partial charge in [-0.25, -0.2) is 0 Å². The van der Waals surface area contributed by atoms with Crippen molar-refractivity contribution in [3.05, 3.63) is 0 Å². The molecule has 0 aromatic heterocycles. The largest absolute Gasteiger partial charge is 0.343 e. The molecule has 0 aromatic carbocycles. The van der Waals surface area contributed by atoms with Crippen molar-refractivity contribution < 1.29 is 4.79 Å². The Labute approximate surface area is 165 Å². The van der Waals surface area contributed by atoms with Crippen molar-refractivity contribution in [3.63, 3.8) is 0 Å². The molecular weight excluding hydrogens is 318 g/mol. The summed E-state index contributed by atoms with van der Waals surface area (Å²) < 4.78 is 0. The Kier molecular flexibility index (Phi) is 20.4. The highest BCUT2D eigenvalue weighted by atomic mass is 16.2. The van der Waals surface area contributed by atoms with E-state index in [2.05, 4.69) is 25.7 Å². The SMILES string of the molecule is CCCCCCCCCCN(CCCCCCCCCC)C(=O)CCC. The van der Waals surface area contributed by atoms with Gasteiger partial charge in [-0.05, 0) is 19.3 Å². The van der Waals surface area contributed by atoms with Crippen LogP contribution < -0.4 is 0 Å². The summed E-state index contributed by atoms with van der Waals surface area (Å²) in [5.74, 6) is 0.387. The van der Waals surface area contributed by atoms with Gasteiger partial charge in [0, 0.05) is 19.5 Å². The topological polar surface area (TPSA) is 20.3 Å². The second-order valence-corrected chi connectivity index (χ2v) is 8.08. The van der Waals surface area contributed by atoms with E-state index in [1.54, 1.807) is 0 Å². The second kappa shape index (κ2) is 20.8. The first-order chi connectivity index (χ1) is 12.8. The molecule has 0 bridgehead atoms. The van der Waals surface area contributed by atoms with Gasteiger partial charge in [0.25, 0.3) is 0 Å². The van der Waals surface area contributed by atoms with E-state index < -0.39 is 0 Å². The van der Waals surface area contributed by atoms with Gasteiger partial charge in [-0.2, -0.15) is 0 Å². The van der Waals surface area contributed by atoms with E-state index in [1.165, 1.54) is 103 Å². The van der Waals surface area contributed by atoms with Crippen molar-refractivity contribution in [2.75, 3.05) is 13.1 Å². The van der Waals surface area contributed by atoms with Gasteiger partial charge in [-0.3, -0.25) is 4.79 Å². The van der Waals surface area contributed by atoms with Crippen LogP contribution in [0.15, 0.2) is 0 Å². The minimum absolute atomic E-state index is 0.387. The zero-order valence-electron chi connectivity index (χ0n) is 18.5. The number of hydrogen-bond acceptors (Lipinski definition) is 1. The van der Waals surface area contributed by atoms with E-state index in [9.17, 15) is 4.79 Å². The van der Waals surface area contributed by atoms with Crippen LogP contribution in [0, 0.1) is 0 Å². The van der Waals surface area contributed by atoms with Gasteiger partial charge in [0.05, 0.1) is 0 Å². The predicted molar refractivity (Wildman–Crippen MR) is 117 cm³/mol. The zero-order valence-corrected chi connectivity index (χ0v) is 18.5. The highest BCUT2D eigenvalue weighted by molar-refractivity contribution is 5.76. The molecule has 0 heterocycles. The van der Waals surface area contributed by atoms with Crippen molar-refractivity contribution in [2.24, 2.45) is 0 Å². The summed E-state index contributed by atoms with van der Waals surface area (Å²) in [5, 5.41) is 0. The zero-order chi connectivity index (χ0) is 19.3. The van der Waals surface area contributed by atoms with Crippen molar-refractivity contribution in [3.8, 4) is 0 Å². The number of carbonyl (C=O) groups is 1. The molecule has 0 aliphatic carbocycles. The van der Waals surface area contributed by atoms with Crippen LogP contribution in [0.3, 0.4) is 0 Å². The molecular formula is C24H49NO. The van der Waals surface area contributed by atoms with Crippen molar-refractivity contribution >= 4 is 5.91 Å². The lowest BCUT2D eigenvalue weighted by molar-refractivity contribution is -0.131. The van der Waals surface area contributed by atoms with E-state index in [-0.39, 0.29) is 0 Å². The maximum atomic E-state index is 12.3. The molecule has 1 amide bonds. The number of rotatable bonds is 20. The molecule has 26 heavy (non-hydrogen) atoms. The van der Waals surface area contributed by atoms with Gasteiger partial charge in [-0.1, -0.05) is 111 Å². The molecule has 0 aliphatic heterocycles. The summed E-state index contributed by atoms with van der Waals surface area (Å²) >= 11 is 0. The van der Waals surface area contributed by atoms with Crippen LogP contribution in [-0.2, 0) is 4.79 Å². The van der Waals surface area contributed by atoms with E-state index >= 15 is 0 Å². The van der Waals surface area contributed by atoms with E-state index in [1.807, 2.05) is 0 Å². The molecule has 0 N–H and O–H groups in total. The molecule has 0 rings (SSSR count). The molecule has 0 unspecified atom stereocenters. The van der Waals surface area contributed by atoms with Gasteiger partial charge >= 0.3 is 0 Å². The maximum Gasteiger partial charge on any atom is 0.222 e. The van der Waals surface area contributed by atoms with Crippen LogP contribution in [0.2, 0.25) is 0 Å². The Morgan fingerprint density at radius 3 is 1.19 bits per heavy atom. The number of unbranched alkanes of at least 4 members (excludes halogenated alkanes) is 14. The summed E-state index contributed by atoms with van der Waals surface area (Å²) in [4.78, 5) is 14.5. The Morgan fingerprint density at radius 1 is 0.500 bits per heavy atom. The lowest BCUT2D eigenvalue weighted by Crippen LogP contribution is -2.32. The standard InChI is InChI=1S/C24H49NO/c1-4-7-9-11-13-15-17-19-22-25(24(26)21-6-3)23-20-18-16-14-12-10-8-5-2/h4-23H2,1-3H3. The molecule has 0 saturated carbocycles. The fourth-order valence-corrected chi connectivity index (χ4v) is 3.61. The average molecular weight is 368 g/mol. The Hall–Kier alpha value is -0.530. The Balaban J connectivity index is 3.76. The van der Waals surface area contributed by atoms with Gasteiger partial charge in [-0.15, -0.1) is 0 Å². The third kappa shape index (κ3) is 16.9. The van der Waals surface area contributed by atoms with Gasteiger partial charge in [0.2, 0.25) is 5.91 Å². The van der Waals surface area contributed by atoms with Gasteiger partial charge in [0.15, 0.2) is 0 Å². The van der Waals surface area contributed by atoms with Crippen molar-refractivity contribution in [1.29, 1.82) is 0 Å². The number of carbonyl (C=O) groups excluding carboxylic acids is 1. The summed E-state index contributed by atoms with van der Waals surface area (Å²) in [6.07, 6.45) is 23.1. The Morgan fingerprint density at radius 2 is 0.846 bits per heavy atom. The summed E-state index contributed by atoms with van der Waals surface area (Å²) in [6.45, 7) is 8.64. The van der Waals surface area contributed by atoms with Crippen molar-refractivity contribution in [2.45, 2.75) is 136 Å². The summed E-state index contributed by atoms with van der Waals surface area (Å²) in [5.41, 5.74) is 0. The molecule has 156 valence electrons. The number of nitrogens with zero attached hydrogens (tertiary/aromatic N) is 1. The van der Waals surface area contributed by atoms with Crippen LogP contribution in [0.4, 0.5) is 0 Å².